The van der Waals surface area contributed by atoms with Crippen molar-refractivity contribution in [2.75, 3.05) is 26.2 Å². The Morgan fingerprint density at radius 2 is 2.06 bits per heavy atom. The van der Waals surface area contributed by atoms with Crippen LogP contribution < -0.4 is 0 Å². The fourth-order valence-corrected chi connectivity index (χ4v) is 2.77. The lowest BCUT2D eigenvalue weighted by Crippen LogP contribution is -2.56. The van der Waals surface area contributed by atoms with E-state index in [1.54, 1.807) is 4.90 Å². The summed E-state index contributed by atoms with van der Waals surface area (Å²) >= 11 is 0. The Morgan fingerprint density at radius 1 is 1.35 bits per heavy atom. The average molecular weight is 235 g/mol. The molecule has 2 atom stereocenters. The number of rotatable bonds is 1. The van der Waals surface area contributed by atoms with Crippen LogP contribution in [0.1, 0.15) is 26.7 Å². The maximum Gasteiger partial charge on any atom is 0.320 e. The maximum atomic E-state index is 12.2. The lowest BCUT2D eigenvalue weighted by atomic mass is 9.85. The number of urea groups is 1. The van der Waals surface area contributed by atoms with Crippen molar-refractivity contribution in [1.82, 2.24) is 9.80 Å². The summed E-state index contributed by atoms with van der Waals surface area (Å²) in [5, 5.41) is 8.71. The number of nitriles is 1. The highest BCUT2D eigenvalue weighted by molar-refractivity contribution is 5.75. The molecule has 0 aromatic carbocycles. The standard InChI is InChI=1S/C13H21N3O/c1-3-12-9-15(5-4-10(12)2)13(17)16-7-11(6-14)8-16/h10-12H,3-5,7-9H2,1-2H3/t10-,12+/m1/s1. The lowest BCUT2D eigenvalue weighted by Gasteiger charge is -2.43. The molecule has 4 nitrogen and oxygen atoms in total. The quantitative estimate of drug-likeness (QED) is 0.697. The second kappa shape index (κ2) is 4.95. The molecule has 94 valence electrons. The van der Waals surface area contributed by atoms with Crippen LogP contribution in [0.2, 0.25) is 0 Å². The Morgan fingerprint density at radius 3 is 2.65 bits per heavy atom. The van der Waals surface area contributed by atoms with Gasteiger partial charge in [-0.1, -0.05) is 20.3 Å². The SMILES string of the molecule is CC[C@H]1CN(C(=O)N2CC(C#N)C2)CC[C@H]1C. The van der Waals surface area contributed by atoms with Gasteiger partial charge in [0.05, 0.1) is 12.0 Å². The Bertz CT molecular complexity index is 330. The van der Waals surface area contributed by atoms with Gasteiger partial charge in [0.1, 0.15) is 0 Å². The van der Waals surface area contributed by atoms with Crippen LogP contribution in [0.4, 0.5) is 4.79 Å². The lowest BCUT2D eigenvalue weighted by molar-refractivity contribution is 0.0790. The predicted octanol–water partition coefficient (Wildman–Crippen LogP) is 1.93. The molecule has 4 heteroatoms. The van der Waals surface area contributed by atoms with Crippen LogP contribution >= 0.6 is 0 Å². The second-order valence-corrected chi connectivity index (χ2v) is 5.39. The molecule has 2 heterocycles. The highest BCUT2D eigenvalue weighted by Crippen LogP contribution is 2.27. The number of hydrogen-bond donors (Lipinski definition) is 0. The van der Waals surface area contributed by atoms with E-state index in [1.165, 1.54) is 0 Å². The smallest absolute Gasteiger partial charge is 0.320 e. The zero-order chi connectivity index (χ0) is 12.4. The monoisotopic (exact) mass is 235 g/mol. The third kappa shape index (κ3) is 2.38. The molecule has 0 saturated carbocycles. The highest BCUT2D eigenvalue weighted by atomic mass is 16.2. The van der Waals surface area contributed by atoms with Crippen LogP contribution in [-0.2, 0) is 0 Å². The number of amides is 2. The van der Waals surface area contributed by atoms with E-state index >= 15 is 0 Å². The summed E-state index contributed by atoms with van der Waals surface area (Å²) < 4.78 is 0. The van der Waals surface area contributed by atoms with Gasteiger partial charge < -0.3 is 9.80 Å². The minimum Gasteiger partial charge on any atom is -0.324 e. The Hall–Kier alpha value is -1.24. The van der Waals surface area contributed by atoms with Crippen molar-refractivity contribution in [2.45, 2.75) is 26.7 Å². The molecular weight excluding hydrogens is 214 g/mol. The first kappa shape index (κ1) is 12.2. The van der Waals surface area contributed by atoms with Gasteiger partial charge in [-0.15, -0.1) is 0 Å². The summed E-state index contributed by atoms with van der Waals surface area (Å²) in [7, 11) is 0. The molecule has 17 heavy (non-hydrogen) atoms. The van der Waals surface area contributed by atoms with Gasteiger partial charge in [-0.05, 0) is 18.3 Å². The topological polar surface area (TPSA) is 47.3 Å². The van der Waals surface area contributed by atoms with Gasteiger partial charge in [-0.2, -0.15) is 5.26 Å². The molecule has 0 spiro atoms. The fraction of sp³-hybridized carbons (Fsp3) is 0.846. The first-order valence-corrected chi connectivity index (χ1v) is 6.59. The molecule has 0 N–H and O–H groups in total. The van der Waals surface area contributed by atoms with Crippen LogP contribution in [0.15, 0.2) is 0 Å². The predicted molar refractivity (Wildman–Crippen MR) is 65.2 cm³/mol. The normalized spacial score (nSPS) is 29.7. The Labute approximate surface area is 103 Å². The number of piperidine rings is 1. The van der Waals surface area contributed by atoms with Gasteiger partial charge in [0.25, 0.3) is 0 Å². The zero-order valence-corrected chi connectivity index (χ0v) is 10.7. The summed E-state index contributed by atoms with van der Waals surface area (Å²) in [6.07, 6.45) is 2.26. The van der Waals surface area contributed by atoms with Crippen LogP contribution in [-0.4, -0.2) is 42.0 Å². The first-order valence-electron chi connectivity index (χ1n) is 6.59. The molecule has 2 amide bonds. The van der Waals surface area contributed by atoms with Gasteiger partial charge in [0.15, 0.2) is 0 Å². The van der Waals surface area contributed by atoms with E-state index in [0.29, 0.717) is 19.0 Å². The van der Waals surface area contributed by atoms with E-state index < -0.39 is 0 Å². The van der Waals surface area contributed by atoms with Crippen LogP contribution in [0.5, 0.6) is 0 Å². The van der Waals surface area contributed by atoms with E-state index in [4.69, 9.17) is 5.26 Å². The molecular formula is C13H21N3O. The molecule has 0 unspecified atom stereocenters. The number of likely N-dealkylation sites (tertiary alicyclic amines) is 2. The number of hydrogen-bond acceptors (Lipinski definition) is 2. The van der Waals surface area contributed by atoms with Crippen molar-refractivity contribution in [1.29, 1.82) is 5.26 Å². The van der Waals surface area contributed by atoms with Crippen molar-refractivity contribution in [3.05, 3.63) is 0 Å². The van der Waals surface area contributed by atoms with E-state index in [2.05, 4.69) is 19.9 Å². The molecule has 2 aliphatic heterocycles. The van der Waals surface area contributed by atoms with Crippen molar-refractivity contribution >= 4 is 6.03 Å². The van der Waals surface area contributed by atoms with Crippen molar-refractivity contribution in [2.24, 2.45) is 17.8 Å². The third-order valence-corrected chi connectivity index (χ3v) is 4.24. The summed E-state index contributed by atoms with van der Waals surface area (Å²) in [6.45, 7) is 7.50. The van der Waals surface area contributed by atoms with Crippen LogP contribution in [0.25, 0.3) is 0 Å². The molecule has 0 aromatic rings. The summed E-state index contributed by atoms with van der Waals surface area (Å²) in [6, 6.07) is 2.34. The minimum atomic E-state index is 0.0598. The first-order chi connectivity index (χ1) is 8.15. The summed E-state index contributed by atoms with van der Waals surface area (Å²) in [5.41, 5.74) is 0. The van der Waals surface area contributed by atoms with Crippen LogP contribution in [0.3, 0.4) is 0 Å². The molecule has 2 rings (SSSR count). The molecule has 2 fully saturated rings. The van der Waals surface area contributed by atoms with E-state index in [-0.39, 0.29) is 11.9 Å². The minimum absolute atomic E-state index is 0.0598. The van der Waals surface area contributed by atoms with E-state index in [0.717, 1.165) is 31.8 Å². The van der Waals surface area contributed by atoms with E-state index in [1.807, 2.05) is 4.90 Å². The summed E-state index contributed by atoms with van der Waals surface area (Å²) in [5.74, 6) is 1.43. The third-order valence-electron chi connectivity index (χ3n) is 4.24. The Kier molecular flexibility index (Phi) is 3.56. The van der Waals surface area contributed by atoms with Gasteiger partial charge in [0.2, 0.25) is 0 Å². The molecule has 0 aliphatic carbocycles. The summed E-state index contributed by atoms with van der Waals surface area (Å²) in [4.78, 5) is 15.9. The number of carbonyl (C=O) groups is 1. The molecule has 0 aromatic heterocycles. The molecule has 0 radical (unpaired) electrons. The highest BCUT2D eigenvalue weighted by Gasteiger charge is 2.35. The molecule has 2 saturated heterocycles. The zero-order valence-electron chi connectivity index (χ0n) is 10.7. The average Bonchev–Trinajstić information content (AvgIpc) is 2.28. The van der Waals surface area contributed by atoms with Crippen molar-refractivity contribution < 1.29 is 4.79 Å². The van der Waals surface area contributed by atoms with Gasteiger partial charge >= 0.3 is 6.03 Å². The van der Waals surface area contributed by atoms with Gasteiger partial charge in [0, 0.05) is 26.2 Å². The number of carbonyl (C=O) groups excluding carboxylic acids is 1. The molecule has 0 bridgehead atoms. The maximum absolute atomic E-state index is 12.2. The van der Waals surface area contributed by atoms with Gasteiger partial charge in [-0.25, -0.2) is 4.79 Å². The van der Waals surface area contributed by atoms with Crippen LogP contribution in [0, 0.1) is 29.1 Å². The molecule has 2 aliphatic rings. The Balaban J connectivity index is 1.87. The second-order valence-electron chi connectivity index (χ2n) is 5.39. The number of nitrogens with zero attached hydrogens (tertiary/aromatic N) is 3. The van der Waals surface area contributed by atoms with Crippen molar-refractivity contribution in [3.63, 3.8) is 0 Å². The van der Waals surface area contributed by atoms with E-state index in [9.17, 15) is 4.79 Å². The van der Waals surface area contributed by atoms with Gasteiger partial charge in [-0.3, -0.25) is 0 Å². The largest absolute Gasteiger partial charge is 0.324 e. The van der Waals surface area contributed by atoms with Crippen molar-refractivity contribution in [3.8, 4) is 6.07 Å². The fourth-order valence-electron chi connectivity index (χ4n) is 2.77.